The van der Waals surface area contributed by atoms with Gasteiger partial charge in [0.25, 0.3) is 15.9 Å². The number of methoxy groups -OCH3 is 2. The molecule has 1 aliphatic heterocycles. The van der Waals surface area contributed by atoms with Crippen molar-refractivity contribution in [2.24, 2.45) is 0 Å². The average molecular weight is 573 g/mol. The Balaban J connectivity index is 2.07. The number of anilines is 1. The first-order valence-electron chi connectivity index (χ1n) is 11.9. The van der Waals surface area contributed by atoms with Crippen molar-refractivity contribution in [2.75, 3.05) is 39.7 Å². The Kier molecular flexibility index (Phi) is 7.61. The number of ether oxygens (including phenoxy) is 2. The van der Waals surface area contributed by atoms with Crippen LogP contribution in [0.2, 0.25) is 5.02 Å². The highest BCUT2D eigenvalue weighted by molar-refractivity contribution is 7.93. The summed E-state index contributed by atoms with van der Waals surface area (Å²) in [5, 5.41) is 0.275. The monoisotopic (exact) mass is 572 g/mol. The van der Waals surface area contributed by atoms with Crippen LogP contribution in [0, 0.1) is 0 Å². The fourth-order valence-corrected chi connectivity index (χ4v) is 6.52. The zero-order valence-electron chi connectivity index (χ0n) is 22.4. The lowest BCUT2D eigenvalue weighted by Gasteiger charge is -2.41. The molecule has 1 aliphatic rings. The van der Waals surface area contributed by atoms with Crippen LogP contribution >= 0.6 is 11.6 Å². The summed E-state index contributed by atoms with van der Waals surface area (Å²) in [7, 11) is 3.23. The highest BCUT2D eigenvalue weighted by Crippen LogP contribution is 2.52. The van der Waals surface area contributed by atoms with Crippen LogP contribution in [0.4, 0.5) is 5.69 Å². The molecule has 0 N–H and O–H groups in total. The van der Waals surface area contributed by atoms with Gasteiger partial charge in [0, 0.05) is 36.4 Å². The van der Waals surface area contributed by atoms with Crippen LogP contribution in [-0.2, 0) is 25.2 Å². The number of sulfonamides is 1. The third-order valence-corrected chi connectivity index (χ3v) is 8.87. The second-order valence-electron chi connectivity index (χ2n) is 9.20. The zero-order valence-corrected chi connectivity index (χ0v) is 23.9. The molecule has 12 heteroatoms. The number of carbonyl (C=O) groups excluding carboxylic acids is 2. The van der Waals surface area contributed by atoms with Crippen LogP contribution in [-0.4, -0.2) is 76.4 Å². The van der Waals surface area contributed by atoms with E-state index in [0.717, 1.165) is 4.31 Å². The lowest BCUT2D eigenvalue weighted by Crippen LogP contribution is -2.59. The van der Waals surface area contributed by atoms with Crippen molar-refractivity contribution in [1.29, 1.82) is 0 Å². The highest BCUT2D eigenvalue weighted by atomic mass is 35.5. The van der Waals surface area contributed by atoms with Gasteiger partial charge < -0.3 is 14.4 Å². The van der Waals surface area contributed by atoms with Crippen molar-refractivity contribution in [3.8, 4) is 11.6 Å². The molecule has 39 heavy (non-hydrogen) atoms. The van der Waals surface area contributed by atoms with Gasteiger partial charge in [0.15, 0.2) is 5.54 Å². The van der Waals surface area contributed by atoms with Crippen LogP contribution in [0.15, 0.2) is 65.7 Å². The Morgan fingerprint density at radius 3 is 2.28 bits per heavy atom. The summed E-state index contributed by atoms with van der Waals surface area (Å²) in [6, 6.07) is 12.6. The SMILES string of the molecule is COc1ccc(S(=O)(=O)N2C(=O)C(c3cccnc3OC)(N(C)C(C)C(=O)N(C)C)c3cc(Cl)ccc32)cc1. The Morgan fingerprint density at radius 2 is 1.69 bits per heavy atom. The number of nitrogens with zero attached hydrogens (tertiary/aromatic N) is 4. The molecule has 2 unspecified atom stereocenters. The predicted octanol–water partition coefficient (Wildman–Crippen LogP) is 3.14. The third kappa shape index (κ3) is 4.40. The fraction of sp³-hybridized carbons (Fsp3) is 0.296. The van der Waals surface area contributed by atoms with E-state index in [1.807, 2.05) is 0 Å². The van der Waals surface area contributed by atoms with Crippen LogP contribution in [0.3, 0.4) is 0 Å². The van der Waals surface area contributed by atoms with Gasteiger partial charge in [-0.1, -0.05) is 11.6 Å². The number of pyridine rings is 1. The minimum absolute atomic E-state index is 0.0943. The number of carbonyl (C=O) groups is 2. The van der Waals surface area contributed by atoms with Crippen molar-refractivity contribution in [3.63, 3.8) is 0 Å². The minimum atomic E-state index is -4.43. The normalized spacial score (nSPS) is 17.6. The molecule has 0 aliphatic carbocycles. The Labute approximate surface area is 232 Å². The van der Waals surface area contributed by atoms with E-state index >= 15 is 0 Å². The molecule has 0 spiro atoms. The fourth-order valence-electron chi connectivity index (χ4n) is 4.89. The van der Waals surface area contributed by atoms with E-state index in [-0.39, 0.29) is 38.5 Å². The number of likely N-dealkylation sites (N-methyl/N-ethyl adjacent to an activating group) is 2. The van der Waals surface area contributed by atoms with Gasteiger partial charge in [-0.3, -0.25) is 14.5 Å². The number of aromatic nitrogens is 1. The van der Waals surface area contributed by atoms with Gasteiger partial charge in [-0.05, 0) is 68.6 Å². The number of rotatable bonds is 8. The summed E-state index contributed by atoms with van der Waals surface area (Å²) >= 11 is 6.44. The van der Waals surface area contributed by atoms with Crippen molar-refractivity contribution in [2.45, 2.75) is 23.4 Å². The molecule has 2 atom stereocenters. The molecule has 1 aromatic heterocycles. The first kappa shape index (κ1) is 28.3. The molecular weight excluding hydrogens is 544 g/mol. The molecule has 0 radical (unpaired) electrons. The van der Waals surface area contributed by atoms with Crippen molar-refractivity contribution in [1.82, 2.24) is 14.8 Å². The van der Waals surface area contributed by atoms with Crippen molar-refractivity contribution < 1.29 is 27.5 Å². The summed E-state index contributed by atoms with van der Waals surface area (Å²) in [4.78, 5) is 35.1. The van der Waals surface area contributed by atoms with E-state index in [1.54, 1.807) is 40.2 Å². The standard InChI is InChI=1S/C27H29ClN4O6S/c1-17(25(33)30(2)3)31(4)27(21-8-7-15-29-24(21)38-6)22-16-18(28)9-14-23(22)32(26(27)34)39(35,36)20-12-10-19(37-5)11-13-20/h7-17H,1-6H3. The molecule has 0 saturated heterocycles. The summed E-state index contributed by atoms with van der Waals surface area (Å²) in [6.45, 7) is 1.64. The van der Waals surface area contributed by atoms with E-state index in [2.05, 4.69) is 4.98 Å². The smallest absolute Gasteiger partial charge is 0.271 e. The molecule has 206 valence electrons. The van der Waals surface area contributed by atoms with E-state index in [1.165, 1.54) is 72.7 Å². The number of amides is 2. The molecule has 0 saturated carbocycles. The number of hydrogen-bond acceptors (Lipinski definition) is 8. The largest absolute Gasteiger partial charge is 0.497 e. The van der Waals surface area contributed by atoms with Gasteiger partial charge in [-0.15, -0.1) is 0 Å². The Hall–Kier alpha value is -3.67. The van der Waals surface area contributed by atoms with Crippen molar-refractivity contribution >= 4 is 39.1 Å². The van der Waals surface area contributed by atoms with Crippen molar-refractivity contribution in [3.05, 3.63) is 76.9 Å². The quantitative estimate of drug-likeness (QED) is 0.405. The van der Waals surface area contributed by atoms with E-state index < -0.39 is 27.5 Å². The maximum Gasteiger partial charge on any atom is 0.271 e. The molecule has 0 fully saturated rings. The van der Waals surface area contributed by atoms with Crippen LogP contribution in [0.25, 0.3) is 0 Å². The number of fused-ring (bicyclic) bond motifs is 1. The predicted molar refractivity (Wildman–Crippen MR) is 147 cm³/mol. The lowest BCUT2D eigenvalue weighted by molar-refractivity contribution is -0.138. The van der Waals surface area contributed by atoms with Crippen LogP contribution in [0.5, 0.6) is 11.6 Å². The molecule has 0 bridgehead atoms. The molecule has 3 aromatic rings. The first-order chi connectivity index (χ1) is 18.4. The maximum atomic E-state index is 14.8. The number of hydrogen-bond donors (Lipinski definition) is 0. The summed E-state index contributed by atoms with van der Waals surface area (Å²) in [6.07, 6.45) is 1.49. The van der Waals surface area contributed by atoms with Gasteiger partial charge in [-0.2, -0.15) is 0 Å². The molecule has 2 amide bonds. The number of halogens is 1. The lowest BCUT2D eigenvalue weighted by atomic mass is 9.81. The second kappa shape index (κ2) is 10.5. The zero-order chi connectivity index (χ0) is 28.7. The minimum Gasteiger partial charge on any atom is -0.497 e. The van der Waals surface area contributed by atoms with Gasteiger partial charge >= 0.3 is 0 Å². The average Bonchev–Trinajstić information content (AvgIpc) is 3.19. The van der Waals surface area contributed by atoms with Crippen LogP contribution in [0.1, 0.15) is 18.1 Å². The van der Waals surface area contributed by atoms with Gasteiger partial charge in [0.1, 0.15) is 5.75 Å². The van der Waals surface area contributed by atoms with Gasteiger partial charge in [0.05, 0.1) is 30.8 Å². The van der Waals surface area contributed by atoms with Gasteiger partial charge in [0.2, 0.25) is 11.8 Å². The van der Waals surface area contributed by atoms with E-state index in [4.69, 9.17) is 21.1 Å². The summed E-state index contributed by atoms with van der Waals surface area (Å²) in [5.41, 5.74) is -1.22. The van der Waals surface area contributed by atoms with E-state index in [9.17, 15) is 18.0 Å². The summed E-state index contributed by atoms with van der Waals surface area (Å²) < 4.78 is 39.6. The molecule has 2 aromatic carbocycles. The molecule has 4 rings (SSSR count). The molecule has 2 heterocycles. The Bertz CT molecular complexity index is 1530. The molecule has 10 nitrogen and oxygen atoms in total. The van der Waals surface area contributed by atoms with Gasteiger partial charge in [-0.25, -0.2) is 17.7 Å². The Morgan fingerprint density at radius 1 is 1.03 bits per heavy atom. The number of benzene rings is 2. The maximum absolute atomic E-state index is 14.8. The molecular formula is C27H29ClN4O6S. The third-order valence-electron chi connectivity index (χ3n) is 6.92. The first-order valence-corrected chi connectivity index (χ1v) is 13.7. The van der Waals surface area contributed by atoms with Crippen LogP contribution < -0.4 is 13.8 Å². The van der Waals surface area contributed by atoms with E-state index in [0.29, 0.717) is 5.75 Å². The second-order valence-corrected chi connectivity index (χ2v) is 11.4. The highest BCUT2D eigenvalue weighted by Gasteiger charge is 2.61. The topological polar surface area (TPSA) is 109 Å². The summed E-state index contributed by atoms with van der Waals surface area (Å²) in [5.74, 6) is -0.578.